The van der Waals surface area contributed by atoms with Gasteiger partial charge >= 0.3 is 0 Å². The van der Waals surface area contributed by atoms with E-state index in [1.165, 1.54) is 0 Å². The van der Waals surface area contributed by atoms with Crippen molar-refractivity contribution in [2.24, 2.45) is 0 Å². The van der Waals surface area contributed by atoms with E-state index in [2.05, 4.69) is 10.9 Å². The van der Waals surface area contributed by atoms with Gasteiger partial charge in [-0.2, -0.15) is 0 Å². The van der Waals surface area contributed by atoms with E-state index in [0.29, 0.717) is 0 Å². The third kappa shape index (κ3) is 1.51. The highest BCUT2D eigenvalue weighted by atomic mass is 32.2. The largest absolute Gasteiger partial charge is 0.263 e. The van der Waals surface area contributed by atoms with Crippen LogP contribution in [0.2, 0.25) is 0 Å². The van der Waals surface area contributed by atoms with Crippen LogP contribution in [0.15, 0.2) is 41.4 Å². The summed E-state index contributed by atoms with van der Waals surface area (Å²) >= 11 is 0. The average Bonchev–Trinajstić information content (AvgIpc) is 2.15. The maximum absolute atomic E-state index is 11.9. The Labute approximate surface area is 83.6 Å². The molecular formula is C11H11NOS. The lowest BCUT2D eigenvalue weighted by atomic mass is 10.2. The molecule has 0 saturated carbocycles. The highest BCUT2D eigenvalue weighted by molar-refractivity contribution is 7.99. The topological polar surface area (TPSA) is 30.0 Å². The van der Waals surface area contributed by atoms with E-state index >= 15 is 0 Å². The van der Waals surface area contributed by atoms with E-state index in [4.69, 9.17) is 0 Å². The van der Waals surface area contributed by atoms with Crippen molar-refractivity contribution in [2.45, 2.75) is 4.90 Å². The molecule has 1 aromatic heterocycles. The zero-order valence-electron chi connectivity index (χ0n) is 7.93. The smallest absolute Gasteiger partial charge is 0.0713 e. The number of pyridine rings is 1. The van der Waals surface area contributed by atoms with Crippen molar-refractivity contribution in [3.8, 4) is 0 Å². The van der Waals surface area contributed by atoms with Crippen molar-refractivity contribution in [3.05, 3.63) is 36.5 Å². The van der Waals surface area contributed by atoms with E-state index in [9.17, 15) is 4.21 Å². The number of rotatable bonds is 1. The molecule has 1 aromatic carbocycles. The Morgan fingerprint density at radius 1 is 1.29 bits per heavy atom. The lowest BCUT2D eigenvalue weighted by Crippen LogP contribution is -1.97. The summed E-state index contributed by atoms with van der Waals surface area (Å²) < 4.78 is 11.9. The van der Waals surface area contributed by atoms with Crippen molar-refractivity contribution in [2.75, 3.05) is 6.26 Å². The normalized spacial score (nSPS) is 15.2. The second kappa shape index (κ2) is 3.10. The van der Waals surface area contributed by atoms with Gasteiger partial charge in [0.2, 0.25) is 0 Å². The number of benzene rings is 1. The number of aromatic nitrogens is 1. The molecule has 0 N–H and O–H groups in total. The van der Waals surface area contributed by atoms with Crippen molar-refractivity contribution in [1.82, 2.24) is 4.98 Å². The van der Waals surface area contributed by atoms with Gasteiger partial charge < -0.3 is 0 Å². The first-order valence-corrected chi connectivity index (χ1v) is 6.38. The molecular weight excluding hydrogens is 194 g/mol. The molecule has 0 bridgehead atoms. The standard InChI is InChI=1S/C11H11NOS/c1-14(2,13)11-7-3-6-10-9(11)5-4-8-12-10/h3-8H,1H2,2H3. The van der Waals surface area contributed by atoms with Gasteiger partial charge in [-0.1, -0.05) is 12.1 Å². The first kappa shape index (κ1) is 9.21. The van der Waals surface area contributed by atoms with E-state index < -0.39 is 9.52 Å². The minimum Gasteiger partial charge on any atom is -0.263 e. The van der Waals surface area contributed by atoms with Gasteiger partial charge in [-0.05, 0) is 33.6 Å². The summed E-state index contributed by atoms with van der Waals surface area (Å²) in [5.41, 5.74) is 0.864. The highest BCUT2D eigenvalue weighted by Crippen LogP contribution is 2.20. The predicted molar refractivity (Wildman–Crippen MR) is 61.2 cm³/mol. The Hall–Kier alpha value is -1.35. The Morgan fingerprint density at radius 2 is 2.07 bits per heavy atom. The van der Waals surface area contributed by atoms with Gasteiger partial charge in [0.05, 0.1) is 5.52 Å². The second-order valence-electron chi connectivity index (χ2n) is 3.33. The average molecular weight is 205 g/mol. The van der Waals surface area contributed by atoms with Gasteiger partial charge in [0, 0.05) is 22.7 Å². The van der Waals surface area contributed by atoms with Crippen LogP contribution >= 0.6 is 0 Å². The van der Waals surface area contributed by atoms with Crippen LogP contribution in [0.25, 0.3) is 10.9 Å². The number of nitrogens with zero attached hydrogens (tertiary/aromatic N) is 1. The summed E-state index contributed by atoms with van der Waals surface area (Å²) in [5.74, 6) is 3.69. The highest BCUT2D eigenvalue weighted by Gasteiger charge is 2.05. The third-order valence-corrected chi connectivity index (χ3v) is 3.36. The zero-order chi connectivity index (χ0) is 10.2. The lowest BCUT2D eigenvalue weighted by Gasteiger charge is -2.06. The maximum Gasteiger partial charge on any atom is 0.0713 e. The molecule has 0 fully saturated rings. The maximum atomic E-state index is 11.9. The van der Waals surface area contributed by atoms with E-state index in [1.807, 2.05) is 30.3 Å². The molecule has 0 saturated heterocycles. The fourth-order valence-electron chi connectivity index (χ4n) is 1.45. The minimum atomic E-state index is -2.17. The van der Waals surface area contributed by atoms with E-state index in [0.717, 1.165) is 15.8 Å². The molecule has 0 aliphatic carbocycles. The molecule has 14 heavy (non-hydrogen) atoms. The first-order valence-electron chi connectivity index (χ1n) is 4.25. The fraction of sp³-hybridized carbons (Fsp3) is 0.0909. The lowest BCUT2D eigenvalue weighted by molar-refractivity contribution is 0.685. The zero-order valence-corrected chi connectivity index (χ0v) is 8.75. The molecule has 2 nitrogen and oxygen atoms in total. The quantitative estimate of drug-likeness (QED) is 0.666. The van der Waals surface area contributed by atoms with E-state index in [-0.39, 0.29) is 0 Å². The molecule has 0 spiro atoms. The molecule has 0 aliphatic rings. The van der Waals surface area contributed by atoms with Crippen molar-refractivity contribution in [3.63, 3.8) is 0 Å². The van der Waals surface area contributed by atoms with Gasteiger partial charge in [-0.25, -0.2) is 0 Å². The van der Waals surface area contributed by atoms with Crippen LogP contribution < -0.4 is 0 Å². The third-order valence-electron chi connectivity index (χ3n) is 2.07. The van der Waals surface area contributed by atoms with Gasteiger partial charge in [0.15, 0.2) is 0 Å². The van der Waals surface area contributed by atoms with Crippen LogP contribution in [0.5, 0.6) is 0 Å². The van der Waals surface area contributed by atoms with Crippen LogP contribution in [0.1, 0.15) is 0 Å². The molecule has 1 unspecified atom stereocenters. The number of hydrogen-bond acceptors (Lipinski definition) is 2. The molecule has 1 atom stereocenters. The van der Waals surface area contributed by atoms with Gasteiger partial charge in [-0.15, -0.1) is 0 Å². The molecule has 0 radical (unpaired) electrons. The minimum absolute atomic E-state index is 0.781. The SMILES string of the molecule is C=S(C)(=O)c1cccc2ncccc12. The predicted octanol–water partition coefficient (Wildman–Crippen LogP) is 1.94. The second-order valence-corrected chi connectivity index (χ2v) is 5.78. The Kier molecular flexibility index (Phi) is 2.04. The van der Waals surface area contributed by atoms with Crippen molar-refractivity contribution in [1.29, 1.82) is 0 Å². The molecule has 3 heteroatoms. The molecule has 2 aromatic rings. The summed E-state index contributed by atoms with van der Waals surface area (Å²) in [6.45, 7) is 0. The summed E-state index contributed by atoms with van der Waals surface area (Å²) in [6, 6.07) is 9.38. The monoisotopic (exact) mass is 205 g/mol. The van der Waals surface area contributed by atoms with E-state index in [1.54, 1.807) is 12.5 Å². The van der Waals surface area contributed by atoms with Gasteiger partial charge in [0.1, 0.15) is 0 Å². The fourth-order valence-corrected chi connectivity index (χ4v) is 2.46. The van der Waals surface area contributed by atoms with Crippen LogP contribution in [-0.4, -0.2) is 21.3 Å². The van der Waals surface area contributed by atoms with Crippen LogP contribution in [0, 0.1) is 0 Å². The molecule has 0 aliphatic heterocycles. The van der Waals surface area contributed by atoms with Crippen molar-refractivity contribution < 1.29 is 4.21 Å². The van der Waals surface area contributed by atoms with Crippen LogP contribution in [0.3, 0.4) is 0 Å². The molecule has 0 amide bonds. The summed E-state index contributed by atoms with van der Waals surface area (Å²) in [6.07, 6.45) is 3.38. The summed E-state index contributed by atoms with van der Waals surface area (Å²) in [4.78, 5) is 4.98. The summed E-state index contributed by atoms with van der Waals surface area (Å²) in [5, 5.41) is 0.928. The van der Waals surface area contributed by atoms with Crippen LogP contribution in [0.4, 0.5) is 0 Å². The Balaban J connectivity index is 2.92. The summed E-state index contributed by atoms with van der Waals surface area (Å²) in [7, 11) is -2.17. The molecule has 72 valence electrons. The van der Waals surface area contributed by atoms with Crippen LogP contribution in [-0.2, 0) is 9.52 Å². The van der Waals surface area contributed by atoms with Gasteiger partial charge in [-0.3, -0.25) is 9.19 Å². The Morgan fingerprint density at radius 3 is 2.79 bits per heavy atom. The van der Waals surface area contributed by atoms with Crippen molar-refractivity contribution >= 4 is 26.3 Å². The van der Waals surface area contributed by atoms with Gasteiger partial charge in [0.25, 0.3) is 0 Å². The molecule has 1 heterocycles. The number of hydrogen-bond donors (Lipinski definition) is 0. The Bertz CT molecular complexity index is 567. The first-order chi connectivity index (χ1) is 6.59. The number of fused-ring (bicyclic) bond motifs is 1. The molecule has 2 rings (SSSR count).